The van der Waals surface area contributed by atoms with E-state index in [1.54, 1.807) is 30.1 Å². The van der Waals surface area contributed by atoms with Gasteiger partial charge in [0.2, 0.25) is 0 Å². The van der Waals surface area contributed by atoms with Crippen molar-refractivity contribution < 1.29 is 14.3 Å². The molecule has 0 bridgehead atoms. The van der Waals surface area contributed by atoms with Gasteiger partial charge in [0, 0.05) is 24.6 Å². The maximum absolute atomic E-state index is 13.1. The van der Waals surface area contributed by atoms with Gasteiger partial charge < -0.3 is 10.0 Å². The number of rotatable bonds is 7. The summed E-state index contributed by atoms with van der Waals surface area (Å²) in [6, 6.07) is 13.6. The van der Waals surface area contributed by atoms with Gasteiger partial charge in [0.1, 0.15) is 5.82 Å². The second-order valence-corrected chi connectivity index (χ2v) is 6.61. The molecule has 0 atom stereocenters. The van der Waals surface area contributed by atoms with Crippen molar-refractivity contribution in [2.24, 2.45) is 5.41 Å². The Balaban J connectivity index is 2.22. The van der Waals surface area contributed by atoms with E-state index in [9.17, 15) is 14.3 Å². The number of benzene rings is 2. The average Bonchev–Trinajstić information content (AvgIpc) is 2.66. The zero-order chi connectivity index (χ0) is 18.4. The Hall–Kier alpha value is -2.20. The summed E-state index contributed by atoms with van der Waals surface area (Å²) in [5.74, 6) is -0.362. The molecular weight excluding hydrogens is 317 g/mol. The zero-order valence-electron chi connectivity index (χ0n) is 15.1. The molecule has 0 spiro atoms. The average molecular weight is 343 g/mol. The Morgan fingerprint density at radius 3 is 2.28 bits per heavy atom. The molecule has 0 saturated heterocycles. The number of aliphatic hydroxyl groups excluding tert-OH is 1. The van der Waals surface area contributed by atoms with E-state index in [0.29, 0.717) is 12.1 Å². The lowest BCUT2D eigenvalue weighted by Gasteiger charge is -2.34. The van der Waals surface area contributed by atoms with Crippen molar-refractivity contribution in [3.05, 3.63) is 59.9 Å². The second-order valence-electron chi connectivity index (χ2n) is 6.61. The molecule has 0 heterocycles. The molecule has 0 radical (unpaired) electrons. The van der Waals surface area contributed by atoms with E-state index in [0.717, 1.165) is 24.0 Å². The van der Waals surface area contributed by atoms with E-state index in [-0.39, 0.29) is 23.7 Å². The standard InChI is InChI=1S/C21H26FNO2/c1-4-21(5-2,15-24)14-23(3)20(25)18-8-6-7-17(13-18)16-9-11-19(22)12-10-16/h6-13,24H,4-5,14-15H2,1-3H3. The highest BCUT2D eigenvalue weighted by atomic mass is 19.1. The van der Waals surface area contributed by atoms with Crippen LogP contribution in [0.1, 0.15) is 37.0 Å². The quantitative estimate of drug-likeness (QED) is 0.811. The monoisotopic (exact) mass is 343 g/mol. The van der Waals surface area contributed by atoms with Gasteiger partial charge in [-0.1, -0.05) is 38.1 Å². The predicted molar refractivity (Wildman–Crippen MR) is 98.9 cm³/mol. The maximum atomic E-state index is 13.1. The van der Waals surface area contributed by atoms with Gasteiger partial charge in [-0.15, -0.1) is 0 Å². The lowest BCUT2D eigenvalue weighted by molar-refractivity contribution is 0.0545. The molecule has 134 valence electrons. The Morgan fingerprint density at radius 1 is 1.08 bits per heavy atom. The third-order valence-electron chi connectivity index (χ3n) is 5.04. The lowest BCUT2D eigenvalue weighted by atomic mass is 9.82. The van der Waals surface area contributed by atoms with Gasteiger partial charge in [-0.2, -0.15) is 0 Å². The van der Waals surface area contributed by atoms with Crippen molar-refractivity contribution in [1.29, 1.82) is 0 Å². The Labute approximate surface area is 149 Å². The summed E-state index contributed by atoms with van der Waals surface area (Å²) in [6.45, 7) is 4.64. The molecule has 0 aromatic heterocycles. The van der Waals surface area contributed by atoms with Crippen LogP contribution in [0, 0.1) is 11.2 Å². The fraction of sp³-hybridized carbons (Fsp3) is 0.381. The van der Waals surface area contributed by atoms with Crippen LogP contribution in [0.5, 0.6) is 0 Å². The number of aliphatic hydroxyl groups is 1. The van der Waals surface area contributed by atoms with Crippen molar-refractivity contribution in [2.75, 3.05) is 20.2 Å². The van der Waals surface area contributed by atoms with Gasteiger partial charge >= 0.3 is 0 Å². The number of carbonyl (C=O) groups excluding carboxylic acids is 1. The summed E-state index contributed by atoms with van der Waals surface area (Å²) in [7, 11) is 1.77. The van der Waals surface area contributed by atoms with Gasteiger partial charge in [0.15, 0.2) is 0 Å². The molecule has 2 aromatic rings. The number of halogens is 1. The minimum Gasteiger partial charge on any atom is -0.396 e. The fourth-order valence-corrected chi connectivity index (χ4v) is 3.02. The van der Waals surface area contributed by atoms with Gasteiger partial charge in [-0.05, 0) is 48.2 Å². The summed E-state index contributed by atoms with van der Waals surface area (Å²) >= 11 is 0. The SMILES string of the molecule is CCC(CC)(CO)CN(C)C(=O)c1cccc(-c2ccc(F)cc2)c1. The Morgan fingerprint density at radius 2 is 1.72 bits per heavy atom. The minimum atomic E-state index is -0.282. The summed E-state index contributed by atoms with van der Waals surface area (Å²) in [5.41, 5.74) is 2.06. The highest BCUT2D eigenvalue weighted by Crippen LogP contribution is 2.27. The molecule has 0 saturated carbocycles. The lowest BCUT2D eigenvalue weighted by Crippen LogP contribution is -2.40. The number of amides is 1. The van der Waals surface area contributed by atoms with Gasteiger partial charge in [-0.25, -0.2) is 4.39 Å². The third-order valence-corrected chi connectivity index (χ3v) is 5.04. The molecule has 1 N–H and O–H groups in total. The van der Waals surface area contributed by atoms with Crippen LogP contribution < -0.4 is 0 Å². The first-order chi connectivity index (χ1) is 11.9. The summed E-state index contributed by atoms with van der Waals surface area (Å²) < 4.78 is 13.1. The first-order valence-corrected chi connectivity index (χ1v) is 8.67. The predicted octanol–water partition coefficient (Wildman–Crippen LogP) is 4.36. The number of nitrogens with zero attached hydrogens (tertiary/aromatic N) is 1. The van der Waals surface area contributed by atoms with E-state index < -0.39 is 0 Å². The van der Waals surface area contributed by atoms with Crippen LogP contribution in [0.2, 0.25) is 0 Å². The molecule has 2 rings (SSSR count). The maximum Gasteiger partial charge on any atom is 0.253 e. The molecule has 2 aromatic carbocycles. The summed E-state index contributed by atoms with van der Waals surface area (Å²) in [6.07, 6.45) is 1.63. The van der Waals surface area contributed by atoms with Crippen LogP contribution >= 0.6 is 0 Å². The normalized spacial score (nSPS) is 11.4. The molecule has 0 aliphatic rings. The summed E-state index contributed by atoms with van der Waals surface area (Å²) in [5, 5.41) is 9.72. The van der Waals surface area contributed by atoms with Crippen LogP contribution in [-0.4, -0.2) is 36.1 Å². The van der Waals surface area contributed by atoms with Crippen molar-refractivity contribution in [2.45, 2.75) is 26.7 Å². The van der Waals surface area contributed by atoms with Crippen LogP contribution in [0.4, 0.5) is 4.39 Å². The largest absolute Gasteiger partial charge is 0.396 e. The Kier molecular flexibility index (Phi) is 6.32. The van der Waals surface area contributed by atoms with Crippen molar-refractivity contribution in [3.8, 4) is 11.1 Å². The molecule has 3 nitrogen and oxygen atoms in total. The van der Waals surface area contributed by atoms with Crippen LogP contribution in [0.25, 0.3) is 11.1 Å². The summed E-state index contributed by atoms with van der Waals surface area (Å²) in [4.78, 5) is 14.5. The highest BCUT2D eigenvalue weighted by Gasteiger charge is 2.29. The Bertz CT molecular complexity index is 700. The van der Waals surface area contributed by atoms with E-state index >= 15 is 0 Å². The van der Waals surface area contributed by atoms with E-state index in [1.807, 2.05) is 32.0 Å². The molecule has 0 aliphatic heterocycles. The zero-order valence-corrected chi connectivity index (χ0v) is 15.1. The molecule has 4 heteroatoms. The first kappa shape index (κ1) is 19.1. The molecule has 0 fully saturated rings. The number of carbonyl (C=O) groups is 1. The molecular formula is C21H26FNO2. The number of hydrogen-bond acceptors (Lipinski definition) is 2. The highest BCUT2D eigenvalue weighted by molar-refractivity contribution is 5.95. The van der Waals surface area contributed by atoms with E-state index in [1.165, 1.54) is 12.1 Å². The van der Waals surface area contributed by atoms with Gasteiger partial charge in [-0.3, -0.25) is 4.79 Å². The first-order valence-electron chi connectivity index (χ1n) is 8.67. The minimum absolute atomic E-state index is 0.0627. The van der Waals surface area contributed by atoms with E-state index in [2.05, 4.69) is 0 Å². The fourth-order valence-electron chi connectivity index (χ4n) is 3.02. The van der Waals surface area contributed by atoms with Crippen molar-refractivity contribution in [1.82, 2.24) is 4.90 Å². The topological polar surface area (TPSA) is 40.5 Å². The molecule has 0 unspecified atom stereocenters. The van der Waals surface area contributed by atoms with Gasteiger partial charge in [0.25, 0.3) is 5.91 Å². The van der Waals surface area contributed by atoms with Crippen LogP contribution in [0.3, 0.4) is 0 Å². The van der Waals surface area contributed by atoms with Gasteiger partial charge in [0.05, 0.1) is 6.61 Å². The van der Waals surface area contributed by atoms with Crippen LogP contribution in [-0.2, 0) is 0 Å². The number of hydrogen-bond donors (Lipinski definition) is 1. The van der Waals surface area contributed by atoms with Crippen molar-refractivity contribution >= 4 is 5.91 Å². The smallest absolute Gasteiger partial charge is 0.253 e. The van der Waals surface area contributed by atoms with Crippen LogP contribution in [0.15, 0.2) is 48.5 Å². The molecule has 25 heavy (non-hydrogen) atoms. The second kappa shape index (κ2) is 8.26. The van der Waals surface area contributed by atoms with Crippen molar-refractivity contribution in [3.63, 3.8) is 0 Å². The molecule has 1 amide bonds. The van der Waals surface area contributed by atoms with E-state index in [4.69, 9.17) is 0 Å². The third kappa shape index (κ3) is 4.45. The molecule has 0 aliphatic carbocycles.